The van der Waals surface area contributed by atoms with Crippen LogP contribution >= 0.6 is 11.6 Å². The molecule has 0 fully saturated rings. The van der Waals surface area contributed by atoms with Crippen LogP contribution in [0, 0.1) is 6.92 Å². The fraction of sp³-hybridized carbons (Fsp3) is 0.154. The molecule has 6 heteroatoms. The van der Waals surface area contributed by atoms with E-state index in [1.807, 2.05) is 61.6 Å². The van der Waals surface area contributed by atoms with Gasteiger partial charge in [0.25, 0.3) is 5.91 Å². The van der Waals surface area contributed by atoms with E-state index in [9.17, 15) is 4.79 Å². The molecule has 3 aromatic carbocycles. The van der Waals surface area contributed by atoms with Crippen LogP contribution in [0.3, 0.4) is 0 Å². The van der Waals surface area contributed by atoms with E-state index in [-0.39, 0.29) is 5.91 Å². The lowest BCUT2D eigenvalue weighted by atomic mass is 10.1. The zero-order chi connectivity index (χ0) is 22.2. The number of amides is 1. The van der Waals surface area contributed by atoms with Gasteiger partial charge in [-0.05, 0) is 41.3 Å². The number of para-hydroxylation sites is 1. The fourth-order valence-electron chi connectivity index (χ4n) is 4.05. The first-order chi connectivity index (χ1) is 15.5. The lowest BCUT2D eigenvalue weighted by Gasteiger charge is -2.16. The third-order valence-electron chi connectivity index (χ3n) is 5.72. The van der Waals surface area contributed by atoms with Crippen molar-refractivity contribution in [3.05, 3.63) is 100 Å². The van der Waals surface area contributed by atoms with Crippen LogP contribution in [0.2, 0.25) is 5.02 Å². The molecule has 5 nitrogen and oxygen atoms in total. The van der Waals surface area contributed by atoms with Gasteiger partial charge in [0, 0.05) is 31.9 Å². The monoisotopic (exact) mass is 443 g/mol. The van der Waals surface area contributed by atoms with E-state index in [0.29, 0.717) is 35.2 Å². The van der Waals surface area contributed by atoms with Gasteiger partial charge < -0.3 is 9.64 Å². The van der Waals surface area contributed by atoms with E-state index >= 15 is 0 Å². The Hall–Kier alpha value is -3.57. The molecule has 0 atom stereocenters. The summed E-state index contributed by atoms with van der Waals surface area (Å²) in [6.45, 7) is 3.02. The topological polar surface area (TPSA) is 47.4 Å². The average molecular weight is 444 g/mol. The summed E-state index contributed by atoms with van der Waals surface area (Å²) in [7, 11) is 1.90. The number of rotatable bonds is 5. The van der Waals surface area contributed by atoms with Crippen molar-refractivity contribution in [3.8, 4) is 22.6 Å². The molecule has 1 aliphatic heterocycles. The molecule has 32 heavy (non-hydrogen) atoms. The maximum Gasteiger partial charge on any atom is 0.258 e. The minimum atomic E-state index is -0.0309. The van der Waals surface area contributed by atoms with Crippen LogP contribution in [0.25, 0.3) is 11.1 Å². The van der Waals surface area contributed by atoms with Crippen LogP contribution < -0.4 is 4.74 Å². The van der Waals surface area contributed by atoms with Crippen molar-refractivity contribution in [2.45, 2.75) is 20.0 Å². The highest BCUT2D eigenvalue weighted by Gasteiger charge is 2.31. The second kappa shape index (κ2) is 8.17. The molecule has 0 bridgehead atoms. The smallest absolute Gasteiger partial charge is 0.258 e. The predicted molar refractivity (Wildman–Crippen MR) is 125 cm³/mol. The molecular formula is C26H22ClN3O2. The molecule has 5 rings (SSSR count). The Kier molecular flexibility index (Phi) is 5.19. The Morgan fingerprint density at radius 1 is 1.03 bits per heavy atom. The van der Waals surface area contributed by atoms with Crippen molar-refractivity contribution in [2.75, 3.05) is 0 Å². The SMILES string of the molecule is Cc1cccc(Cl)c1Oc1cccc2c1C(=O)N(Cc1ccc(-c3cnn(C)c3)cc1)C2. The fourth-order valence-corrected chi connectivity index (χ4v) is 4.31. The third kappa shape index (κ3) is 3.76. The molecule has 0 saturated carbocycles. The van der Waals surface area contributed by atoms with Crippen LogP contribution in [0.4, 0.5) is 0 Å². The molecule has 1 aliphatic rings. The molecule has 0 N–H and O–H groups in total. The maximum atomic E-state index is 13.3. The zero-order valence-corrected chi connectivity index (χ0v) is 18.6. The number of aryl methyl sites for hydroxylation is 2. The van der Waals surface area contributed by atoms with E-state index in [1.165, 1.54) is 0 Å². The number of benzene rings is 3. The molecular weight excluding hydrogens is 422 g/mol. The van der Waals surface area contributed by atoms with Gasteiger partial charge in [0.05, 0.1) is 16.8 Å². The molecule has 0 spiro atoms. The molecule has 1 aromatic heterocycles. The first-order valence-electron chi connectivity index (χ1n) is 10.4. The molecule has 160 valence electrons. The van der Waals surface area contributed by atoms with Gasteiger partial charge in [0.2, 0.25) is 0 Å². The number of carbonyl (C=O) groups is 1. The summed E-state index contributed by atoms with van der Waals surface area (Å²) in [6, 6.07) is 19.6. The highest BCUT2D eigenvalue weighted by atomic mass is 35.5. The summed E-state index contributed by atoms with van der Waals surface area (Å²) in [5.41, 5.74) is 5.74. The summed E-state index contributed by atoms with van der Waals surface area (Å²) >= 11 is 6.34. The summed E-state index contributed by atoms with van der Waals surface area (Å²) in [5, 5.41) is 4.75. The Balaban J connectivity index is 1.36. The average Bonchev–Trinajstić information content (AvgIpc) is 3.35. The molecule has 2 heterocycles. The number of hydrogen-bond acceptors (Lipinski definition) is 3. The maximum absolute atomic E-state index is 13.3. The Morgan fingerprint density at radius 2 is 1.81 bits per heavy atom. The van der Waals surface area contributed by atoms with Crippen LogP contribution in [0.5, 0.6) is 11.5 Å². The van der Waals surface area contributed by atoms with E-state index in [4.69, 9.17) is 16.3 Å². The minimum Gasteiger partial charge on any atom is -0.455 e. The Morgan fingerprint density at radius 3 is 2.53 bits per heavy atom. The number of aromatic nitrogens is 2. The molecule has 4 aromatic rings. The largest absolute Gasteiger partial charge is 0.455 e. The number of fused-ring (bicyclic) bond motifs is 1. The lowest BCUT2D eigenvalue weighted by molar-refractivity contribution is 0.0765. The van der Waals surface area contributed by atoms with Gasteiger partial charge in [-0.25, -0.2) is 0 Å². The number of carbonyl (C=O) groups excluding carboxylic acids is 1. The second-order valence-corrected chi connectivity index (χ2v) is 8.45. The van der Waals surface area contributed by atoms with Crippen molar-refractivity contribution in [3.63, 3.8) is 0 Å². The highest BCUT2D eigenvalue weighted by Crippen LogP contribution is 2.38. The number of ether oxygens (including phenoxy) is 1. The molecule has 1 amide bonds. The van der Waals surface area contributed by atoms with Crippen molar-refractivity contribution >= 4 is 17.5 Å². The number of nitrogens with zero attached hydrogens (tertiary/aromatic N) is 3. The second-order valence-electron chi connectivity index (χ2n) is 8.04. The van der Waals surface area contributed by atoms with Crippen molar-refractivity contribution in [1.82, 2.24) is 14.7 Å². The minimum absolute atomic E-state index is 0.0309. The van der Waals surface area contributed by atoms with Gasteiger partial charge in [0.15, 0.2) is 0 Å². The Labute approximate surface area is 191 Å². The van der Waals surface area contributed by atoms with Crippen LogP contribution in [-0.2, 0) is 20.1 Å². The van der Waals surface area contributed by atoms with Gasteiger partial charge in [-0.3, -0.25) is 9.48 Å². The summed E-state index contributed by atoms with van der Waals surface area (Å²) in [5.74, 6) is 1.09. The van der Waals surface area contributed by atoms with Gasteiger partial charge in [-0.1, -0.05) is 60.1 Å². The number of halogens is 1. The third-order valence-corrected chi connectivity index (χ3v) is 6.01. The van der Waals surface area contributed by atoms with Gasteiger partial charge in [-0.2, -0.15) is 5.10 Å². The van der Waals surface area contributed by atoms with Gasteiger partial charge in [0.1, 0.15) is 11.5 Å². The summed E-state index contributed by atoms with van der Waals surface area (Å²) in [6.07, 6.45) is 3.83. The Bertz CT molecular complexity index is 1290. The van der Waals surface area contributed by atoms with Crippen LogP contribution in [0.15, 0.2) is 73.1 Å². The van der Waals surface area contributed by atoms with Crippen molar-refractivity contribution in [2.24, 2.45) is 7.05 Å². The van der Waals surface area contributed by atoms with Crippen molar-refractivity contribution < 1.29 is 9.53 Å². The lowest BCUT2D eigenvalue weighted by Crippen LogP contribution is -2.23. The summed E-state index contributed by atoms with van der Waals surface area (Å²) < 4.78 is 7.92. The first-order valence-corrected chi connectivity index (χ1v) is 10.8. The normalized spacial score (nSPS) is 12.8. The zero-order valence-electron chi connectivity index (χ0n) is 17.9. The molecule has 0 unspecified atom stereocenters. The van der Waals surface area contributed by atoms with Crippen LogP contribution in [-0.4, -0.2) is 20.6 Å². The van der Waals surface area contributed by atoms with Crippen LogP contribution in [0.1, 0.15) is 27.0 Å². The summed E-state index contributed by atoms with van der Waals surface area (Å²) in [4.78, 5) is 15.1. The molecule has 0 aliphatic carbocycles. The van der Waals surface area contributed by atoms with E-state index in [2.05, 4.69) is 29.4 Å². The van der Waals surface area contributed by atoms with E-state index in [1.54, 1.807) is 10.7 Å². The predicted octanol–water partition coefficient (Wildman–Crippen LogP) is 6.00. The van der Waals surface area contributed by atoms with Gasteiger partial charge in [-0.15, -0.1) is 0 Å². The quantitative estimate of drug-likeness (QED) is 0.380. The van der Waals surface area contributed by atoms with E-state index < -0.39 is 0 Å². The van der Waals surface area contributed by atoms with Gasteiger partial charge >= 0.3 is 0 Å². The standard InChI is InChI=1S/C26H22ClN3O2/c1-17-5-3-7-22(27)25(17)32-23-8-4-6-20-16-30(26(31)24(20)23)14-18-9-11-19(12-10-18)21-13-28-29(2)15-21/h3-13,15H,14,16H2,1-2H3. The van der Waals surface area contributed by atoms with Crippen molar-refractivity contribution in [1.29, 1.82) is 0 Å². The highest BCUT2D eigenvalue weighted by molar-refractivity contribution is 6.32. The van der Waals surface area contributed by atoms with E-state index in [0.717, 1.165) is 27.8 Å². The first kappa shape index (κ1) is 20.3. The molecule has 0 radical (unpaired) electrons. The molecule has 0 saturated heterocycles. The number of hydrogen-bond donors (Lipinski definition) is 0.